The molecule has 0 bridgehead atoms. The summed E-state index contributed by atoms with van der Waals surface area (Å²) in [6.45, 7) is 2.04. The van der Waals surface area contributed by atoms with Gasteiger partial charge in [0.2, 0.25) is 0 Å². The fraction of sp³-hybridized carbons (Fsp3) is 0.111. The van der Waals surface area contributed by atoms with Crippen LogP contribution in [0.3, 0.4) is 0 Å². The largest absolute Gasteiger partial charge is 0.497 e. The molecule has 0 atom stereocenters. The topological polar surface area (TPSA) is 81.4 Å². The van der Waals surface area contributed by atoms with Crippen molar-refractivity contribution in [3.8, 4) is 22.8 Å². The molecular weight excluding hydrogens is 538 g/mol. The summed E-state index contributed by atoms with van der Waals surface area (Å²) in [7, 11) is 1.63. The summed E-state index contributed by atoms with van der Waals surface area (Å²) < 4.78 is 7.97. The number of allylic oxidation sites excluding steroid dienone is 1. The molecule has 1 aromatic heterocycles. The maximum Gasteiger partial charge on any atom is 0.250 e. The van der Waals surface area contributed by atoms with Gasteiger partial charge in [-0.15, -0.1) is 10.2 Å². The number of carbonyl (C=O) groups excluding carboxylic acids is 1. The van der Waals surface area contributed by atoms with Crippen LogP contribution in [-0.4, -0.2) is 39.7 Å². The molecular formula is C27H24BrN5O2S. The minimum Gasteiger partial charge on any atom is -0.497 e. The van der Waals surface area contributed by atoms with Gasteiger partial charge in [0.1, 0.15) is 5.75 Å². The third kappa shape index (κ3) is 6.71. The quantitative estimate of drug-likeness (QED) is 0.157. The summed E-state index contributed by atoms with van der Waals surface area (Å²) in [6.07, 6.45) is 3.46. The number of aryl methyl sites for hydroxylation is 1. The van der Waals surface area contributed by atoms with E-state index in [9.17, 15) is 4.79 Å². The molecule has 0 saturated heterocycles. The van der Waals surface area contributed by atoms with Gasteiger partial charge in [-0.25, -0.2) is 5.43 Å². The zero-order valence-electron chi connectivity index (χ0n) is 19.8. The van der Waals surface area contributed by atoms with Gasteiger partial charge in [0, 0.05) is 15.7 Å². The lowest BCUT2D eigenvalue weighted by molar-refractivity contribution is -0.118. The Morgan fingerprint density at radius 3 is 2.47 bits per heavy atom. The van der Waals surface area contributed by atoms with Crippen molar-refractivity contribution in [3.05, 3.63) is 94.5 Å². The maximum absolute atomic E-state index is 12.4. The molecule has 3 aromatic carbocycles. The number of hydrogen-bond acceptors (Lipinski definition) is 6. The van der Waals surface area contributed by atoms with Crippen molar-refractivity contribution in [2.75, 3.05) is 12.9 Å². The van der Waals surface area contributed by atoms with Gasteiger partial charge in [0.05, 0.1) is 19.1 Å². The van der Waals surface area contributed by atoms with Gasteiger partial charge in [0.25, 0.3) is 5.91 Å². The van der Waals surface area contributed by atoms with Gasteiger partial charge < -0.3 is 4.74 Å². The fourth-order valence-electron chi connectivity index (χ4n) is 3.29. The van der Waals surface area contributed by atoms with E-state index in [0.717, 1.165) is 32.6 Å². The molecule has 36 heavy (non-hydrogen) atoms. The van der Waals surface area contributed by atoms with Crippen LogP contribution >= 0.6 is 27.7 Å². The number of carbonyl (C=O) groups is 1. The molecule has 1 N–H and O–H groups in total. The first-order chi connectivity index (χ1) is 17.5. The zero-order valence-corrected chi connectivity index (χ0v) is 22.2. The molecule has 0 unspecified atom stereocenters. The first-order valence-corrected chi connectivity index (χ1v) is 12.8. The average Bonchev–Trinajstić information content (AvgIpc) is 3.32. The highest BCUT2D eigenvalue weighted by Gasteiger charge is 2.17. The van der Waals surface area contributed by atoms with Gasteiger partial charge in [0.15, 0.2) is 11.0 Å². The lowest BCUT2D eigenvalue weighted by Gasteiger charge is -2.11. The zero-order chi connectivity index (χ0) is 25.3. The number of nitrogens with zero attached hydrogens (tertiary/aromatic N) is 4. The molecule has 0 aliphatic carbocycles. The Morgan fingerprint density at radius 2 is 1.78 bits per heavy atom. The minimum absolute atomic E-state index is 0.125. The molecule has 0 saturated carbocycles. The number of rotatable bonds is 9. The Labute approximate surface area is 222 Å². The number of benzene rings is 3. The van der Waals surface area contributed by atoms with E-state index in [1.165, 1.54) is 11.8 Å². The van der Waals surface area contributed by atoms with E-state index in [-0.39, 0.29) is 11.7 Å². The van der Waals surface area contributed by atoms with E-state index in [2.05, 4.69) is 36.7 Å². The first kappa shape index (κ1) is 25.4. The van der Waals surface area contributed by atoms with E-state index in [1.807, 2.05) is 96.4 Å². The van der Waals surface area contributed by atoms with Crippen LogP contribution in [0.25, 0.3) is 23.2 Å². The predicted octanol–water partition coefficient (Wildman–Crippen LogP) is 5.88. The normalized spacial score (nSPS) is 11.6. The molecule has 0 fully saturated rings. The van der Waals surface area contributed by atoms with Crippen molar-refractivity contribution in [1.29, 1.82) is 0 Å². The van der Waals surface area contributed by atoms with Crippen LogP contribution in [0.4, 0.5) is 0 Å². The second-order valence-electron chi connectivity index (χ2n) is 7.73. The molecule has 1 heterocycles. The van der Waals surface area contributed by atoms with Crippen LogP contribution in [0.5, 0.6) is 5.75 Å². The summed E-state index contributed by atoms with van der Waals surface area (Å²) in [5.74, 6) is 1.32. The highest BCUT2D eigenvalue weighted by atomic mass is 79.9. The molecule has 0 radical (unpaired) electrons. The summed E-state index contributed by atoms with van der Waals surface area (Å²) >= 11 is 4.73. The van der Waals surface area contributed by atoms with Gasteiger partial charge in [-0.1, -0.05) is 71.9 Å². The number of aromatic nitrogens is 3. The average molecular weight is 562 g/mol. The Hall–Kier alpha value is -3.69. The second kappa shape index (κ2) is 12.3. The van der Waals surface area contributed by atoms with Crippen LogP contribution in [-0.2, 0) is 4.79 Å². The highest BCUT2D eigenvalue weighted by molar-refractivity contribution is 9.12. The van der Waals surface area contributed by atoms with E-state index in [1.54, 1.807) is 13.3 Å². The molecule has 182 valence electrons. The van der Waals surface area contributed by atoms with Crippen LogP contribution < -0.4 is 10.2 Å². The van der Waals surface area contributed by atoms with Crippen molar-refractivity contribution in [2.45, 2.75) is 12.1 Å². The van der Waals surface area contributed by atoms with E-state index in [0.29, 0.717) is 11.0 Å². The van der Waals surface area contributed by atoms with Crippen LogP contribution in [0, 0.1) is 6.92 Å². The van der Waals surface area contributed by atoms with Gasteiger partial charge >= 0.3 is 0 Å². The number of hydrogen-bond donors (Lipinski definition) is 1. The van der Waals surface area contributed by atoms with Gasteiger partial charge in [-0.2, -0.15) is 5.10 Å². The Morgan fingerprint density at radius 1 is 1.06 bits per heavy atom. The number of thioether (sulfide) groups is 1. The standard InChI is InChI=1S/C27H24BrN5O2S/c1-19-8-10-21(11-9-19)26-31-32-27(33(26)23-12-14-24(35-2)15-13-23)36-18-25(34)30-29-17-22(28)16-20-6-4-3-5-7-20/h3-17H,18H2,1-2H3,(H,30,34)/b22-16-,29-17-. The van der Waals surface area contributed by atoms with Crippen molar-refractivity contribution in [2.24, 2.45) is 5.10 Å². The molecule has 7 nitrogen and oxygen atoms in total. The molecule has 0 aliphatic rings. The molecule has 0 aliphatic heterocycles. The molecule has 9 heteroatoms. The third-order valence-electron chi connectivity index (χ3n) is 5.09. The van der Waals surface area contributed by atoms with Crippen molar-refractivity contribution >= 4 is 45.9 Å². The predicted molar refractivity (Wildman–Crippen MR) is 149 cm³/mol. The Kier molecular flexibility index (Phi) is 8.70. The Balaban J connectivity index is 1.48. The first-order valence-electron chi connectivity index (χ1n) is 11.1. The smallest absolute Gasteiger partial charge is 0.250 e. The minimum atomic E-state index is -0.252. The summed E-state index contributed by atoms with van der Waals surface area (Å²) in [6, 6.07) is 25.5. The van der Waals surface area contributed by atoms with Crippen LogP contribution in [0.2, 0.25) is 0 Å². The number of hydrazone groups is 1. The van der Waals surface area contributed by atoms with Crippen LogP contribution in [0.1, 0.15) is 11.1 Å². The molecule has 0 spiro atoms. The highest BCUT2D eigenvalue weighted by Crippen LogP contribution is 2.29. The number of ether oxygens (including phenoxy) is 1. The SMILES string of the molecule is COc1ccc(-n2c(SCC(=O)N/N=C\C(Br)=C\c3ccccc3)nnc2-c2ccc(C)cc2)cc1. The Bertz CT molecular complexity index is 1370. The summed E-state index contributed by atoms with van der Waals surface area (Å²) in [4.78, 5) is 12.4. The number of amides is 1. The monoisotopic (exact) mass is 561 g/mol. The third-order valence-corrected chi connectivity index (χ3v) is 6.45. The van der Waals surface area contributed by atoms with Crippen molar-refractivity contribution < 1.29 is 9.53 Å². The van der Waals surface area contributed by atoms with E-state index in [4.69, 9.17) is 4.74 Å². The van der Waals surface area contributed by atoms with E-state index >= 15 is 0 Å². The number of halogens is 1. The molecule has 4 aromatic rings. The number of methoxy groups -OCH3 is 1. The fourth-order valence-corrected chi connectivity index (χ4v) is 4.40. The summed E-state index contributed by atoms with van der Waals surface area (Å²) in [5, 5.41) is 13.4. The van der Waals surface area contributed by atoms with Gasteiger partial charge in [-0.3, -0.25) is 9.36 Å². The molecule has 4 rings (SSSR count). The lowest BCUT2D eigenvalue weighted by Crippen LogP contribution is -2.19. The van der Waals surface area contributed by atoms with Crippen molar-refractivity contribution in [3.63, 3.8) is 0 Å². The summed E-state index contributed by atoms with van der Waals surface area (Å²) in [5.41, 5.74) is 6.54. The number of nitrogens with one attached hydrogen (secondary N) is 1. The van der Waals surface area contributed by atoms with E-state index < -0.39 is 0 Å². The van der Waals surface area contributed by atoms with Crippen molar-refractivity contribution in [1.82, 2.24) is 20.2 Å². The molecule has 1 amide bonds. The van der Waals surface area contributed by atoms with Gasteiger partial charge in [-0.05, 0) is 58.8 Å². The maximum atomic E-state index is 12.4. The second-order valence-corrected chi connectivity index (χ2v) is 9.59. The van der Waals surface area contributed by atoms with Crippen LogP contribution in [0.15, 0.2) is 93.6 Å². The lowest BCUT2D eigenvalue weighted by atomic mass is 10.1.